The third-order valence-corrected chi connectivity index (χ3v) is 6.00. The van der Waals surface area contributed by atoms with Crippen molar-refractivity contribution in [3.8, 4) is 0 Å². The Morgan fingerprint density at radius 1 is 1.37 bits per heavy atom. The molecule has 2 saturated heterocycles. The fourth-order valence-corrected chi connectivity index (χ4v) is 4.70. The van der Waals surface area contributed by atoms with Gasteiger partial charge in [-0.25, -0.2) is 0 Å². The highest BCUT2D eigenvalue weighted by atomic mass is 127. The van der Waals surface area contributed by atoms with Gasteiger partial charge in [-0.1, -0.05) is 12.1 Å². The lowest BCUT2D eigenvalue weighted by Crippen LogP contribution is -2.42. The molecular formula is C15H17IO2S. The number of benzene rings is 1. The van der Waals surface area contributed by atoms with Gasteiger partial charge in [-0.15, -0.1) is 0 Å². The standard InChI is InChI=1S/C15H17IO2S/c16-13-3-1-11(2-4-13)14(17)12-5-7-18-15(9-12)6-8-19-10-15/h1-4,12H,5-10H2. The number of rotatable bonds is 2. The molecule has 3 rings (SSSR count). The SMILES string of the molecule is O=C(c1ccc(I)cc1)C1CCOC2(CCSC2)C1. The minimum atomic E-state index is -0.00749. The van der Waals surface area contributed by atoms with Crippen LogP contribution in [-0.2, 0) is 4.74 Å². The summed E-state index contributed by atoms with van der Waals surface area (Å²) in [6.45, 7) is 0.737. The summed E-state index contributed by atoms with van der Waals surface area (Å²) >= 11 is 4.22. The number of Topliss-reactive ketones (excluding diaryl/α,β-unsaturated/α-hetero) is 1. The zero-order chi connectivity index (χ0) is 13.3. The van der Waals surface area contributed by atoms with Gasteiger partial charge in [0.2, 0.25) is 0 Å². The molecule has 1 aromatic carbocycles. The first-order valence-corrected chi connectivity index (χ1v) is 8.93. The van der Waals surface area contributed by atoms with Crippen molar-refractivity contribution in [3.63, 3.8) is 0 Å². The van der Waals surface area contributed by atoms with E-state index in [2.05, 4.69) is 22.6 Å². The highest BCUT2D eigenvalue weighted by Gasteiger charge is 2.42. The summed E-state index contributed by atoms with van der Waals surface area (Å²) in [4.78, 5) is 12.6. The van der Waals surface area contributed by atoms with Crippen LogP contribution in [0.15, 0.2) is 24.3 Å². The van der Waals surface area contributed by atoms with Gasteiger partial charge in [0.05, 0.1) is 5.60 Å². The molecule has 2 unspecified atom stereocenters. The summed E-state index contributed by atoms with van der Waals surface area (Å²) in [5.41, 5.74) is 0.847. The first-order valence-electron chi connectivity index (χ1n) is 6.70. The van der Waals surface area contributed by atoms with Crippen LogP contribution >= 0.6 is 34.4 Å². The quantitative estimate of drug-likeness (QED) is 0.570. The number of hydrogen-bond acceptors (Lipinski definition) is 3. The second-order valence-corrected chi connectivity index (χ2v) is 7.75. The van der Waals surface area contributed by atoms with E-state index < -0.39 is 0 Å². The molecule has 19 heavy (non-hydrogen) atoms. The molecule has 2 nitrogen and oxygen atoms in total. The molecule has 2 aliphatic heterocycles. The fraction of sp³-hybridized carbons (Fsp3) is 0.533. The molecule has 0 aromatic heterocycles. The minimum Gasteiger partial charge on any atom is -0.374 e. The molecule has 2 atom stereocenters. The summed E-state index contributed by atoms with van der Waals surface area (Å²) in [6.07, 6.45) is 2.89. The number of hydrogen-bond donors (Lipinski definition) is 0. The van der Waals surface area contributed by atoms with Crippen molar-refractivity contribution in [1.82, 2.24) is 0 Å². The van der Waals surface area contributed by atoms with Crippen LogP contribution in [-0.4, -0.2) is 29.5 Å². The maximum absolute atomic E-state index is 12.6. The molecule has 2 fully saturated rings. The van der Waals surface area contributed by atoms with Gasteiger partial charge in [-0.3, -0.25) is 4.79 Å². The summed E-state index contributed by atoms with van der Waals surface area (Å²) in [5.74, 6) is 2.68. The zero-order valence-electron chi connectivity index (χ0n) is 10.7. The summed E-state index contributed by atoms with van der Waals surface area (Å²) < 4.78 is 7.16. The molecule has 102 valence electrons. The van der Waals surface area contributed by atoms with Crippen LogP contribution in [0.1, 0.15) is 29.6 Å². The molecule has 4 heteroatoms. The molecule has 0 bridgehead atoms. The van der Waals surface area contributed by atoms with Crippen molar-refractivity contribution >= 4 is 40.1 Å². The van der Waals surface area contributed by atoms with Crippen LogP contribution < -0.4 is 0 Å². The van der Waals surface area contributed by atoms with E-state index in [1.165, 1.54) is 9.32 Å². The third kappa shape index (κ3) is 3.00. The number of ketones is 1. The Labute approximate surface area is 131 Å². The lowest BCUT2D eigenvalue weighted by atomic mass is 9.81. The van der Waals surface area contributed by atoms with E-state index in [0.717, 1.165) is 37.2 Å². The van der Waals surface area contributed by atoms with Crippen molar-refractivity contribution in [2.24, 2.45) is 5.92 Å². The monoisotopic (exact) mass is 388 g/mol. The number of halogens is 1. The van der Waals surface area contributed by atoms with E-state index >= 15 is 0 Å². The molecule has 0 amide bonds. The Morgan fingerprint density at radius 3 is 2.84 bits per heavy atom. The molecule has 0 N–H and O–H groups in total. The Bertz CT molecular complexity index is 466. The first kappa shape index (κ1) is 13.9. The zero-order valence-corrected chi connectivity index (χ0v) is 13.7. The van der Waals surface area contributed by atoms with Gasteiger partial charge in [0, 0.05) is 27.4 Å². The van der Waals surface area contributed by atoms with Crippen LogP contribution in [0, 0.1) is 9.49 Å². The van der Waals surface area contributed by atoms with Gasteiger partial charge in [-0.05, 0) is 59.7 Å². The first-order chi connectivity index (χ1) is 9.19. The van der Waals surface area contributed by atoms with Crippen LogP contribution in [0.25, 0.3) is 0 Å². The lowest BCUT2D eigenvalue weighted by Gasteiger charge is -2.37. The van der Waals surface area contributed by atoms with Crippen LogP contribution in [0.2, 0.25) is 0 Å². The molecule has 0 radical (unpaired) electrons. The van der Waals surface area contributed by atoms with Crippen LogP contribution in [0.3, 0.4) is 0 Å². The molecule has 2 aliphatic rings. The average Bonchev–Trinajstić information content (AvgIpc) is 2.87. The highest BCUT2D eigenvalue weighted by molar-refractivity contribution is 14.1. The van der Waals surface area contributed by atoms with Crippen molar-refractivity contribution in [2.75, 3.05) is 18.1 Å². The van der Waals surface area contributed by atoms with E-state index in [-0.39, 0.29) is 11.5 Å². The normalized spacial score (nSPS) is 30.7. The van der Waals surface area contributed by atoms with Gasteiger partial charge in [0.25, 0.3) is 0 Å². The van der Waals surface area contributed by atoms with Gasteiger partial charge < -0.3 is 4.74 Å². The predicted molar refractivity (Wildman–Crippen MR) is 86.8 cm³/mol. The summed E-state index contributed by atoms with van der Waals surface area (Å²) in [7, 11) is 0. The number of carbonyl (C=O) groups is 1. The predicted octanol–water partition coefficient (Wildman–Crippen LogP) is 3.78. The molecule has 1 spiro atoms. The molecule has 2 heterocycles. The van der Waals surface area contributed by atoms with E-state index in [9.17, 15) is 4.79 Å². The molecule has 0 saturated carbocycles. The third-order valence-electron chi connectivity index (χ3n) is 4.06. The number of carbonyl (C=O) groups excluding carboxylic acids is 1. The topological polar surface area (TPSA) is 26.3 Å². The maximum atomic E-state index is 12.6. The van der Waals surface area contributed by atoms with E-state index in [0.29, 0.717) is 5.78 Å². The van der Waals surface area contributed by atoms with Gasteiger partial charge in [0.15, 0.2) is 5.78 Å². The van der Waals surface area contributed by atoms with Crippen molar-refractivity contribution in [2.45, 2.75) is 24.9 Å². The van der Waals surface area contributed by atoms with Crippen molar-refractivity contribution in [1.29, 1.82) is 0 Å². The maximum Gasteiger partial charge on any atom is 0.166 e. The Hall–Kier alpha value is -0.0700. The van der Waals surface area contributed by atoms with Crippen molar-refractivity contribution in [3.05, 3.63) is 33.4 Å². The second kappa shape index (κ2) is 5.74. The number of thioether (sulfide) groups is 1. The highest BCUT2D eigenvalue weighted by Crippen LogP contribution is 2.41. The van der Waals surface area contributed by atoms with Gasteiger partial charge in [0.1, 0.15) is 0 Å². The van der Waals surface area contributed by atoms with Crippen LogP contribution in [0.4, 0.5) is 0 Å². The summed E-state index contributed by atoms with van der Waals surface area (Å²) in [6, 6.07) is 7.92. The second-order valence-electron chi connectivity index (χ2n) is 5.39. The fourth-order valence-electron chi connectivity index (χ4n) is 2.96. The minimum absolute atomic E-state index is 0.00749. The van der Waals surface area contributed by atoms with E-state index in [1.54, 1.807) is 0 Å². The lowest BCUT2D eigenvalue weighted by molar-refractivity contribution is -0.0734. The Morgan fingerprint density at radius 2 is 2.16 bits per heavy atom. The Balaban J connectivity index is 1.74. The summed E-state index contributed by atoms with van der Waals surface area (Å²) in [5, 5.41) is 0. The average molecular weight is 388 g/mol. The smallest absolute Gasteiger partial charge is 0.166 e. The van der Waals surface area contributed by atoms with Crippen LogP contribution in [0.5, 0.6) is 0 Å². The van der Waals surface area contributed by atoms with E-state index in [1.807, 2.05) is 36.0 Å². The Kier molecular flexibility index (Phi) is 4.19. The number of ether oxygens (including phenoxy) is 1. The van der Waals surface area contributed by atoms with Gasteiger partial charge in [-0.2, -0.15) is 11.8 Å². The molecule has 0 aliphatic carbocycles. The van der Waals surface area contributed by atoms with Crippen molar-refractivity contribution < 1.29 is 9.53 Å². The molecule has 1 aromatic rings. The van der Waals surface area contributed by atoms with E-state index in [4.69, 9.17) is 4.74 Å². The largest absolute Gasteiger partial charge is 0.374 e. The molecular weight excluding hydrogens is 371 g/mol. The van der Waals surface area contributed by atoms with Gasteiger partial charge >= 0.3 is 0 Å².